The molecule has 0 aromatic heterocycles. The van der Waals surface area contributed by atoms with Crippen molar-refractivity contribution in [2.45, 2.75) is 26.3 Å². The Morgan fingerprint density at radius 2 is 1.96 bits per heavy atom. The van der Waals surface area contributed by atoms with Crippen LogP contribution in [-0.2, 0) is 6.54 Å². The summed E-state index contributed by atoms with van der Waals surface area (Å²) in [6.45, 7) is 4.41. The van der Waals surface area contributed by atoms with Crippen LogP contribution in [-0.4, -0.2) is 30.1 Å². The van der Waals surface area contributed by atoms with Crippen molar-refractivity contribution in [1.29, 1.82) is 0 Å². The van der Waals surface area contributed by atoms with Crippen LogP contribution < -0.4 is 4.74 Å². The van der Waals surface area contributed by atoms with Crippen molar-refractivity contribution in [3.63, 3.8) is 0 Å². The van der Waals surface area contributed by atoms with Gasteiger partial charge in [0.1, 0.15) is 11.5 Å². The van der Waals surface area contributed by atoms with E-state index in [1.807, 2.05) is 19.9 Å². The van der Waals surface area contributed by atoms with Crippen LogP contribution in [0.4, 0.5) is 0 Å². The molecule has 0 saturated heterocycles. The number of phenols is 1. The van der Waals surface area contributed by atoms with Crippen LogP contribution in [0.3, 0.4) is 0 Å². The predicted octanol–water partition coefficient (Wildman–Crippen LogP) is 4.45. The molecule has 0 aliphatic carbocycles. The fraction of sp³-hybridized carbons (Fsp3) is 0.316. The van der Waals surface area contributed by atoms with Crippen LogP contribution in [0.5, 0.6) is 11.5 Å². The number of hydrogen-bond donors (Lipinski definition) is 1. The molecule has 0 aliphatic heterocycles. The minimum Gasteiger partial charge on any atom is -0.507 e. The molecule has 0 atom stereocenters. The van der Waals surface area contributed by atoms with Crippen LogP contribution >= 0.6 is 11.6 Å². The maximum absolute atomic E-state index is 12.7. The minimum absolute atomic E-state index is 0.0192. The zero-order valence-electron chi connectivity index (χ0n) is 14.3. The molecule has 2 aromatic rings. The number of ether oxygens (including phenoxy) is 1. The van der Waals surface area contributed by atoms with Crippen molar-refractivity contribution in [1.82, 2.24) is 4.90 Å². The Hall–Kier alpha value is -2.20. The molecule has 24 heavy (non-hydrogen) atoms. The average molecular weight is 348 g/mol. The van der Waals surface area contributed by atoms with Gasteiger partial charge in [0.05, 0.1) is 12.7 Å². The monoisotopic (exact) mass is 347 g/mol. The zero-order valence-corrected chi connectivity index (χ0v) is 15.1. The Labute approximate surface area is 147 Å². The van der Waals surface area contributed by atoms with E-state index in [9.17, 15) is 9.90 Å². The van der Waals surface area contributed by atoms with Crippen LogP contribution in [0, 0.1) is 0 Å². The summed E-state index contributed by atoms with van der Waals surface area (Å²) in [5, 5.41) is 10.6. The van der Waals surface area contributed by atoms with E-state index in [0.717, 1.165) is 11.1 Å². The van der Waals surface area contributed by atoms with Crippen LogP contribution in [0.15, 0.2) is 36.4 Å². The van der Waals surface area contributed by atoms with E-state index in [0.29, 0.717) is 22.9 Å². The Balaban J connectivity index is 2.27. The number of methoxy groups -OCH3 is 1. The first-order chi connectivity index (χ1) is 11.3. The van der Waals surface area contributed by atoms with E-state index < -0.39 is 0 Å². The van der Waals surface area contributed by atoms with Crippen LogP contribution in [0.25, 0.3) is 0 Å². The molecule has 1 N–H and O–H groups in total. The van der Waals surface area contributed by atoms with Gasteiger partial charge in [-0.15, -0.1) is 0 Å². The van der Waals surface area contributed by atoms with Gasteiger partial charge in [-0.05, 0) is 41.8 Å². The topological polar surface area (TPSA) is 49.8 Å². The van der Waals surface area contributed by atoms with E-state index in [1.54, 1.807) is 44.5 Å². The van der Waals surface area contributed by atoms with E-state index in [-0.39, 0.29) is 17.6 Å². The van der Waals surface area contributed by atoms with Crippen molar-refractivity contribution in [3.05, 3.63) is 58.1 Å². The predicted molar refractivity (Wildman–Crippen MR) is 96.0 cm³/mol. The number of halogens is 1. The summed E-state index contributed by atoms with van der Waals surface area (Å²) in [5.41, 5.74) is 2.11. The number of benzene rings is 2. The van der Waals surface area contributed by atoms with Gasteiger partial charge in [-0.1, -0.05) is 31.5 Å². The summed E-state index contributed by atoms with van der Waals surface area (Å²) in [6.07, 6.45) is 0. The summed E-state index contributed by atoms with van der Waals surface area (Å²) >= 11 is 6.04. The molecule has 2 rings (SSSR count). The molecule has 2 aromatic carbocycles. The highest BCUT2D eigenvalue weighted by molar-refractivity contribution is 6.30. The second kappa shape index (κ2) is 7.58. The first kappa shape index (κ1) is 18.1. The lowest BCUT2D eigenvalue weighted by Gasteiger charge is -2.20. The minimum atomic E-state index is -0.253. The largest absolute Gasteiger partial charge is 0.507 e. The van der Waals surface area contributed by atoms with E-state index in [1.165, 1.54) is 4.90 Å². The third kappa shape index (κ3) is 4.01. The number of hydrogen-bond acceptors (Lipinski definition) is 3. The molecule has 0 heterocycles. The van der Waals surface area contributed by atoms with Gasteiger partial charge in [-0.3, -0.25) is 4.79 Å². The molecule has 0 unspecified atom stereocenters. The number of carbonyl (C=O) groups is 1. The fourth-order valence-electron chi connectivity index (χ4n) is 2.49. The van der Waals surface area contributed by atoms with Crippen molar-refractivity contribution in [2.24, 2.45) is 0 Å². The normalized spacial score (nSPS) is 10.8. The highest BCUT2D eigenvalue weighted by Crippen LogP contribution is 2.27. The van der Waals surface area contributed by atoms with Gasteiger partial charge in [0.15, 0.2) is 0 Å². The summed E-state index contributed by atoms with van der Waals surface area (Å²) in [6, 6.07) is 10.4. The third-order valence-corrected chi connectivity index (χ3v) is 4.15. The van der Waals surface area contributed by atoms with Gasteiger partial charge in [0.2, 0.25) is 0 Å². The maximum Gasteiger partial charge on any atom is 0.257 e. The van der Waals surface area contributed by atoms with Gasteiger partial charge in [0.25, 0.3) is 5.91 Å². The quantitative estimate of drug-likeness (QED) is 0.869. The lowest BCUT2D eigenvalue weighted by molar-refractivity contribution is 0.0781. The number of carbonyl (C=O) groups excluding carboxylic acids is 1. The lowest BCUT2D eigenvalue weighted by atomic mass is 9.99. The summed E-state index contributed by atoms with van der Waals surface area (Å²) in [7, 11) is 3.26. The highest BCUT2D eigenvalue weighted by atomic mass is 35.5. The number of phenolic OH excluding ortho intramolecular Hbond substituents is 1. The Morgan fingerprint density at radius 1 is 1.25 bits per heavy atom. The molecule has 128 valence electrons. The Morgan fingerprint density at radius 3 is 2.58 bits per heavy atom. The molecular formula is C19H22ClNO3. The molecule has 0 radical (unpaired) electrons. The number of nitrogens with zero attached hydrogens (tertiary/aromatic N) is 1. The van der Waals surface area contributed by atoms with Crippen molar-refractivity contribution in [3.8, 4) is 11.5 Å². The molecule has 5 heteroatoms. The summed E-state index contributed by atoms with van der Waals surface area (Å²) in [4.78, 5) is 14.3. The third-order valence-electron chi connectivity index (χ3n) is 3.91. The first-order valence-electron chi connectivity index (χ1n) is 7.74. The molecule has 4 nitrogen and oxygen atoms in total. The highest BCUT2D eigenvalue weighted by Gasteiger charge is 2.18. The second-order valence-electron chi connectivity index (χ2n) is 6.05. The zero-order chi connectivity index (χ0) is 17.9. The average Bonchev–Trinajstić information content (AvgIpc) is 2.54. The van der Waals surface area contributed by atoms with E-state index in [2.05, 4.69) is 0 Å². The fourth-order valence-corrected chi connectivity index (χ4v) is 2.68. The van der Waals surface area contributed by atoms with Crippen molar-refractivity contribution in [2.75, 3.05) is 14.2 Å². The van der Waals surface area contributed by atoms with Crippen LogP contribution in [0.2, 0.25) is 5.02 Å². The van der Waals surface area contributed by atoms with E-state index in [4.69, 9.17) is 16.3 Å². The molecule has 0 saturated carbocycles. The lowest BCUT2D eigenvalue weighted by Crippen LogP contribution is -2.26. The van der Waals surface area contributed by atoms with Crippen molar-refractivity contribution < 1.29 is 14.6 Å². The van der Waals surface area contributed by atoms with Gasteiger partial charge in [0, 0.05) is 24.2 Å². The number of rotatable bonds is 5. The van der Waals surface area contributed by atoms with E-state index >= 15 is 0 Å². The Kier molecular flexibility index (Phi) is 5.73. The second-order valence-corrected chi connectivity index (χ2v) is 6.49. The molecular weight excluding hydrogens is 326 g/mol. The van der Waals surface area contributed by atoms with Gasteiger partial charge in [-0.2, -0.15) is 0 Å². The van der Waals surface area contributed by atoms with Crippen molar-refractivity contribution >= 4 is 17.5 Å². The smallest absolute Gasteiger partial charge is 0.257 e. The summed E-state index contributed by atoms with van der Waals surface area (Å²) in [5.74, 6) is 0.668. The molecule has 0 spiro atoms. The molecule has 0 fully saturated rings. The van der Waals surface area contributed by atoms with Gasteiger partial charge < -0.3 is 14.7 Å². The SMILES string of the molecule is COc1ccc(Cl)cc1CN(C)C(=O)c1cc(C(C)C)ccc1O. The maximum atomic E-state index is 12.7. The number of amides is 1. The molecule has 1 amide bonds. The Bertz CT molecular complexity index is 743. The van der Waals surface area contributed by atoms with Gasteiger partial charge >= 0.3 is 0 Å². The first-order valence-corrected chi connectivity index (χ1v) is 8.12. The number of aromatic hydroxyl groups is 1. The summed E-state index contributed by atoms with van der Waals surface area (Å²) < 4.78 is 5.31. The standard InChI is InChI=1S/C19H22ClNO3/c1-12(2)13-5-7-17(22)16(10-13)19(23)21(3)11-14-9-15(20)6-8-18(14)24-4/h5-10,12,22H,11H2,1-4H3. The molecule has 0 bridgehead atoms. The molecule has 0 aliphatic rings. The van der Waals surface area contributed by atoms with Crippen LogP contribution in [0.1, 0.15) is 41.3 Å². The van der Waals surface area contributed by atoms with Gasteiger partial charge in [-0.25, -0.2) is 0 Å².